The maximum atomic E-state index is 14.1. The van der Waals surface area contributed by atoms with Crippen LogP contribution in [0.15, 0.2) is 57.6 Å². The molecule has 0 aromatic rings. The van der Waals surface area contributed by atoms with Gasteiger partial charge in [0.25, 0.3) is 0 Å². The van der Waals surface area contributed by atoms with Crippen LogP contribution in [0.5, 0.6) is 0 Å². The first-order valence-corrected chi connectivity index (χ1v) is 11.6. The van der Waals surface area contributed by atoms with Crippen LogP contribution >= 0.6 is 0 Å². The smallest absolute Gasteiger partial charge is 0.307 e. The number of rotatable bonds is 10. The summed E-state index contributed by atoms with van der Waals surface area (Å²) in [5.41, 5.74) is 1.85. The molecule has 0 aromatic carbocycles. The number of hydrogen-bond donors (Lipinski definition) is 1. The van der Waals surface area contributed by atoms with Crippen LogP contribution in [0, 0.1) is 11.3 Å². The molecule has 0 saturated carbocycles. The van der Waals surface area contributed by atoms with Gasteiger partial charge in [-0.05, 0) is 67.2 Å². The van der Waals surface area contributed by atoms with Crippen molar-refractivity contribution in [2.45, 2.75) is 88.0 Å². The Labute approximate surface area is 199 Å². The van der Waals surface area contributed by atoms with Gasteiger partial charge < -0.3 is 9.84 Å². The van der Waals surface area contributed by atoms with E-state index in [1.165, 1.54) is 6.92 Å². The number of allylic oxidation sites excluding steroid dienone is 9. The normalized spacial score (nSPS) is 16.2. The molecular formula is C28H40O5. The monoisotopic (exact) mass is 456 g/mol. The van der Waals surface area contributed by atoms with Gasteiger partial charge in [0.2, 0.25) is 0 Å². The molecule has 0 spiro atoms. The summed E-state index contributed by atoms with van der Waals surface area (Å²) in [5, 5.41) is 11.2. The number of ketones is 2. The second kappa shape index (κ2) is 12.0. The van der Waals surface area contributed by atoms with Crippen molar-refractivity contribution in [1.29, 1.82) is 0 Å². The third-order valence-electron chi connectivity index (χ3n) is 5.88. The van der Waals surface area contributed by atoms with Gasteiger partial charge in [0.15, 0.2) is 11.6 Å². The molecule has 5 nitrogen and oxygen atoms in total. The Balaban J connectivity index is 4.11. The van der Waals surface area contributed by atoms with E-state index < -0.39 is 23.1 Å². The first-order chi connectivity index (χ1) is 15.3. The highest BCUT2D eigenvalue weighted by molar-refractivity contribution is 6.25. The predicted octanol–water partition coefficient (Wildman–Crippen LogP) is 6.87. The number of Topliss-reactive ketones (excluding diaryl/α,β-unsaturated/α-hetero) is 2. The van der Waals surface area contributed by atoms with Crippen molar-refractivity contribution >= 4 is 17.5 Å². The van der Waals surface area contributed by atoms with Gasteiger partial charge in [-0.25, -0.2) is 0 Å². The van der Waals surface area contributed by atoms with Crippen LogP contribution in [0.4, 0.5) is 0 Å². The van der Waals surface area contributed by atoms with Gasteiger partial charge >= 0.3 is 5.97 Å². The van der Waals surface area contributed by atoms with Gasteiger partial charge in [0, 0.05) is 18.4 Å². The van der Waals surface area contributed by atoms with E-state index in [1.807, 2.05) is 66.7 Å². The lowest BCUT2D eigenvalue weighted by Gasteiger charge is -2.38. The Morgan fingerprint density at radius 3 is 1.82 bits per heavy atom. The molecule has 0 radical (unpaired) electrons. The molecule has 1 aliphatic carbocycles. The Kier molecular flexibility index (Phi) is 10.3. The van der Waals surface area contributed by atoms with Crippen molar-refractivity contribution in [2.24, 2.45) is 11.3 Å². The van der Waals surface area contributed by atoms with E-state index >= 15 is 0 Å². The molecule has 1 rings (SSSR count). The third kappa shape index (κ3) is 6.89. The summed E-state index contributed by atoms with van der Waals surface area (Å²) in [6, 6.07) is 0. The van der Waals surface area contributed by atoms with E-state index in [-0.39, 0.29) is 42.1 Å². The molecule has 0 aliphatic heterocycles. The zero-order valence-electron chi connectivity index (χ0n) is 21.7. The summed E-state index contributed by atoms with van der Waals surface area (Å²) in [7, 11) is 0. The Bertz CT molecular complexity index is 921. The molecule has 0 saturated heterocycles. The molecule has 0 aromatic heterocycles. The highest BCUT2D eigenvalue weighted by Crippen LogP contribution is 2.48. The Hall–Kier alpha value is -2.69. The van der Waals surface area contributed by atoms with Gasteiger partial charge in [-0.2, -0.15) is 0 Å². The average Bonchev–Trinajstić information content (AvgIpc) is 2.71. The van der Waals surface area contributed by atoms with Gasteiger partial charge in [0.05, 0.1) is 5.41 Å². The number of aliphatic hydroxyl groups is 1. The van der Waals surface area contributed by atoms with Crippen LogP contribution in [-0.2, 0) is 19.1 Å². The van der Waals surface area contributed by atoms with Gasteiger partial charge in [-0.15, -0.1) is 0 Å². The van der Waals surface area contributed by atoms with Crippen LogP contribution in [0.25, 0.3) is 0 Å². The number of esters is 1. The van der Waals surface area contributed by atoms with E-state index in [2.05, 4.69) is 0 Å². The Morgan fingerprint density at radius 1 is 0.939 bits per heavy atom. The fourth-order valence-electron chi connectivity index (χ4n) is 3.67. The third-order valence-corrected chi connectivity index (χ3v) is 5.88. The molecule has 182 valence electrons. The molecule has 1 unspecified atom stereocenters. The van der Waals surface area contributed by atoms with Crippen molar-refractivity contribution in [3.8, 4) is 0 Å². The number of hydrogen-bond acceptors (Lipinski definition) is 5. The van der Waals surface area contributed by atoms with Gasteiger partial charge in [-0.1, -0.05) is 48.8 Å². The van der Waals surface area contributed by atoms with E-state index in [1.54, 1.807) is 6.92 Å². The number of carbonyl (C=O) groups excluding carboxylic acids is 3. The first-order valence-electron chi connectivity index (χ1n) is 11.6. The van der Waals surface area contributed by atoms with Crippen LogP contribution in [-0.4, -0.2) is 22.6 Å². The molecule has 33 heavy (non-hydrogen) atoms. The fraction of sp³-hybridized carbons (Fsp3) is 0.536. The molecule has 1 N–H and O–H groups in total. The standard InChI is InChI=1S/C28H40O5/c1-10-20(8)24(30)23-25(31)22(12-11-17(2)3)27(33-21(9)29)28(26(23)32,15-13-18(4)5)16-14-19(6)7/h11,13-14,20,31H,10,12,15-16H2,1-9H3. The first kappa shape index (κ1) is 28.3. The quantitative estimate of drug-likeness (QED) is 0.220. The van der Waals surface area contributed by atoms with E-state index in [0.717, 1.165) is 16.7 Å². The minimum Gasteiger partial charge on any atom is -0.507 e. The molecule has 0 amide bonds. The summed E-state index contributed by atoms with van der Waals surface area (Å²) >= 11 is 0. The molecule has 0 heterocycles. The molecule has 1 aliphatic rings. The topological polar surface area (TPSA) is 80.7 Å². The Morgan fingerprint density at radius 2 is 1.42 bits per heavy atom. The van der Waals surface area contributed by atoms with Gasteiger partial charge in [-0.3, -0.25) is 14.4 Å². The second-order valence-electron chi connectivity index (χ2n) is 9.67. The molecule has 0 bridgehead atoms. The zero-order valence-corrected chi connectivity index (χ0v) is 21.7. The molecule has 5 heteroatoms. The highest BCUT2D eigenvalue weighted by atomic mass is 16.5. The summed E-state index contributed by atoms with van der Waals surface area (Å²) in [5.74, 6) is -2.09. The summed E-state index contributed by atoms with van der Waals surface area (Å²) in [4.78, 5) is 39.6. The van der Waals surface area contributed by atoms with Crippen LogP contribution in [0.1, 0.15) is 88.0 Å². The van der Waals surface area contributed by atoms with Gasteiger partial charge in [0.1, 0.15) is 17.1 Å². The van der Waals surface area contributed by atoms with Crippen molar-refractivity contribution in [3.63, 3.8) is 0 Å². The number of ether oxygens (including phenoxy) is 1. The summed E-state index contributed by atoms with van der Waals surface area (Å²) < 4.78 is 5.70. The summed E-state index contributed by atoms with van der Waals surface area (Å²) in [6.07, 6.45) is 7.03. The number of carbonyl (C=O) groups is 3. The SMILES string of the molecule is CCC(C)C(=O)C1=C(O)C(CC=C(C)C)=C(OC(C)=O)C(CC=C(C)C)(CC=C(C)C)C1=O. The number of aliphatic hydroxyl groups excluding tert-OH is 1. The predicted molar refractivity (Wildman–Crippen MR) is 132 cm³/mol. The maximum absolute atomic E-state index is 14.1. The fourth-order valence-corrected chi connectivity index (χ4v) is 3.67. The minimum atomic E-state index is -1.30. The molecule has 0 fully saturated rings. The van der Waals surface area contributed by atoms with Crippen molar-refractivity contribution < 1.29 is 24.2 Å². The van der Waals surface area contributed by atoms with E-state index in [0.29, 0.717) is 12.0 Å². The van der Waals surface area contributed by atoms with Crippen molar-refractivity contribution in [1.82, 2.24) is 0 Å². The van der Waals surface area contributed by atoms with E-state index in [9.17, 15) is 19.5 Å². The molecular weight excluding hydrogens is 416 g/mol. The minimum absolute atomic E-state index is 0.144. The van der Waals surface area contributed by atoms with Crippen molar-refractivity contribution in [2.75, 3.05) is 0 Å². The lowest BCUT2D eigenvalue weighted by molar-refractivity contribution is -0.141. The van der Waals surface area contributed by atoms with Crippen molar-refractivity contribution in [3.05, 3.63) is 57.6 Å². The van der Waals surface area contributed by atoms with E-state index in [4.69, 9.17) is 4.74 Å². The second-order valence-corrected chi connectivity index (χ2v) is 9.67. The highest BCUT2D eigenvalue weighted by Gasteiger charge is 2.51. The lowest BCUT2D eigenvalue weighted by atomic mass is 9.66. The molecule has 1 atom stereocenters. The average molecular weight is 457 g/mol. The lowest BCUT2D eigenvalue weighted by Crippen LogP contribution is -2.42. The van der Waals surface area contributed by atoms with Crippen LogP contribution in [0.3, 0.4) is 0 Å². The largest absolute Gasteiger partial charge is 0.507 e. The zero-order chi connectivity index (χ0) is 25.5. The maximum Gasteiger partial charge on any atom is 0.307 e. The van der Waals surface area contributed by atoms with Crippen LogP contribution in [0.2, 0.25) is 0 Å². The summed E-state index contributed by atoms with van der Waals surface area (Å²) in [6.45, 7) is 16.5. The van der Waals surface area contributed by atoms with Crippen LogP contribution < -0.4 is 0 Å².